The predicted octanol–water partition coefficient (Wildman–Crippen LogP) is 1.85. The molecule has 0 fully saturated rings. The molecule has 1 aliphatic rings. The molecule has 2 N–H and O–H groups in total. The third-order valence-electron chi connectivity index (χ3n) is 3.61. The Kier molecular flexibility index (Phi) is 6.90. The minimum Gasteiger partial charge on any atom is -0.463 e. The first-order chi connectivity index (χ1) is 12.4. The van der Waals surface area contributed by atoms with Crippen molar-refractivity contribution in [2.24, 2.45) is 0 Å². The van der Waals surface area contributed by atoms with Crippen molar-refractivity contribution in [2.75, 3.05) is 26.7 Å². The van der Waals surface area contributed by atoms with Gasteiger partial charge in [-0.1, -0.05) is 12.1 Å². The fourth-order valence-corrected chi connectivity index (χ4v) is 2.49. The maximum Gasteiger partial charge on any atom is 0.387 e. The monoisotopic (exact) mass is 369 g/mol. The van der Waals surface area contributed by atoms with Crippen molar-refractivity contribution >= 4 is 12.0 Å². The average molecular weight is 369 g/mol. The van der Waals surface area contributed by atoms with Crippen molar-refractivity contribution in [3.8, 4) is 5.75 Å². The van der Waals surface area contributed by atoms with Gasteiger partial charge in [0.1, 0.15) is 5.75 Å². The van der Waals surface area contributed by atoms with Crippen LogP contribution >= 0.6 is 0 Å². The van der Waals surface area contributed by atoms with Crippen LogP contribution in [0, 0.1) is 0 Å². The molecule has 0 radical (unpaired) electrons. The Hall–Kier alpha value is -2.68. The lowest BCUT2D eigenvalue weighted by atomic mass is 10.1. The molecule has 2 amide bonds. The molecular weight excluding hydrogens is 348 g/mol. The Bertz CT molecular complexity index is 677. The number of hydrogen-bond donors (Lipinski definition) is 2. The Morgan fingerprint density at radius 3 is 2.58 bits per heavy atom. The number of likely N-dealkylation sites (N-methyl/N-ethyl adjacent to an activating group) is 1. The van der Waals surface area contributed by atoms with Crippen LogP contribution in [0.4, 0.5) is 13.6 Å². The van der Waals surface area contributed by atoms with E-state index in [2.05, 4.69) is 15.4 Å². The lowest BCUT2D eigenvalue weighted by molar-refractivity contribution is -0.138. The first-order valence-electron chi connectivity index (χ1n) is 8.05. The predicted molar refractivity (Wildman–Crippen MR) is 89.6 cm³/mol. The second-order valence-corrected chi connectivity index (χ2v) is 5.68. The number of ether oxygens (including phenoxy) is 2. The van der Waals surface area contributed by atoms with Gasteiger partial charge in [0.05, 0.1) is 18.7 Å². The number of alkyl halides is 2. The number of rotatable bonds is 8. The molecule has 0 atom stereocenters. The van der Waals surface area contributed by atoms with E-state index >= 15 is 0 Å². The molecule has 1 aromatic rings. The van der Waals surface area contributed by atoms with Gasteiger partial charge in [-0.25, -0.2) is 9.59 Å². The number of urea groups is 1. The van der Waals surface area contributed by atoms with Crippen LogP contribution in [0.2, 0.25) is 0 Å². The van der Waals surface area contributed by atoms with Crippen LogP contribution < -0.4 is 15.4 Å². The van der Waals surface area contributed by atoms with Gasteiger partial charge in [-0.3, -0.25) is 4.90 Å². The zero-order chi connectivity index (χ0) is 19.1. The summed E-state index contributed by atoms with van der Waals surface area (Å²) in [6, 6.07) is 5.90. The summed E-state index contributed by atoms with van der Waals surface area (Å²) < 4.78 is 33.7. The Morgan fingerprint density at radius 2 is 1.96 bits per heavy atom. The molecule has 142 valence electrons. The summed E-state index contributed by atoms with van der Waals surface area (Å²) in [5, 5.41) is 5.18. The Labute approximate surface area is 149 Å². The molecule has 0 aliphatic carbocycles. The maximum atomic E-state index is 12.2. The van der Waals surface area contributed by atoms with E-state index < -0.39 is 12.6 Å². The van der Waals surface area contributed by atoms with Crippen LogP contribution in [0.25, 0.3) is 0 Å². The molecule has 1 aliphatic heterocycles. The van der Waals surface area contributed by atoms with Gasteiger partial charge in [0.15, 0.2) is 0 Å². The third kappa shape index (κ3) is 5.69. The number of nitrogens with zero attached hydrogens (tertiary/aromatic N) is 1. The topological polar surface area (TPSA) is 79.9 Å². The second kappa shape index (κ2) is 9.14. The summed E-state index contributed by atoms with van der Waals surface area (Å²) >= 11 is 0. The van der Waals surface area contributed by atoms with Crippen molar-refractivity contribution in [3.05, 3.63) is 41.1 Å². The summed E-state index contributed by atoms with van der Waals surface area (Å²) in [6.45, 7) is -0.00454. The summed E-state index contributed by atoms with van der Waals surface area (Å²) in [5.74, 6) is -0.388. The minimum absolute atomic E-state index is 0.0873. The van der Waals surface area contributed by atoms with Crippen molar-refractivity contribution in [1.82, 2.24) is 15.5 Å². The van der Waals surface area contributed by atoms with E-state index in [9.17, 15) is 18.4 Å². The lowest BCUT2D eigenvalue weighted by Gasteiger charge is -2.25. The largest absolute Gasteiger partial charge is 0.463 e. The van der Waals surface area contributed by atoms with Crippen LogP contribution in [0.15, 0.2) is 35.5 Å². The average Bonchev–Trinajstić information content (AvgIpc) is 2.56. The third-order valence-corrected chi connectivity index (χ3v) is 3.61. The van der Waals surface area contributed by atoms with E-state index in [1.165, 1.54) is 12.1 Å². The van der Waals surface area contributed by atoms with Gasteiger partial charge in [0.2, 0.25) is 0 Å². The highest BCUT2D eigenvalue weighted by Gasteiger charge is 2.24. The van der Waals surface area contributed by atoms with E-state index in [1.807, 2.05) is 11.9 Å². The molecule has 2 rings (SSSR count). The Morgan fingerprint density at radius 1 is 1.27 bits per heavy atom. The molecule has 1 aromatic carbocycles. The van der Waals surface area contributed by atoms with Crippen molar-refractivity contribution in [3.63, 3.8) is 0 Å². The summed E-state index contributed by atoms with van der Waals surface area (Å²) in [5.41, 5.74) is 1.72. The number of nitrogens with one attached hydrogen (secondary N) is 2. The van der Waals surface area contributed by atoms with Crippen LogP contribution in [0.1, 0.15) is 12.5 Å². The van der Waals surface area contributed by atoms with Gasteiger partial charge in [0, 0.05) is 18.8 Å². The fraction of sp³-hybridized carbons (Fsp3) is 0.412. The molecule has 0 bridgehead atoms. The van der Waals surface area contributed by atoms with E-state index in [-0.39, 0.29) is 24.9 Å². The molecule has 0 saturated heterocycles. The molecule has 9 heteroatoms. The standard InChI is InChI=1S/C17H21F2N3O4/c1-3-25-15(23)13-8-20-17(24)21-14(13)10-22(2)9-11-4-6-12(7-5-11)26-16(18)19/h4-7,16H,3,8-10H2,1-2H3,(H2,20,21,24). The zero-order valence-corrected chi connectivity index (χ0v) is 14.6. The van der Waals surface area contributed by atoms with E-state index in [1.54, 1.807) is 19.1 Å². The van der Waals surface area contributed by atoms with Crippen LogP contribution in [0.5, 0.6) is 5.75 Å². The first-order valence-corrected chi connectivity index (χ1v) is 8.05. The number of amides is 2. The lowest BCUT2D eigenvalue weighted by Crippen LogP contribution is -2.46. The molecule has 1 heterocycles. The smallest absolute Gasteiger partial charge is 0.387 e. The molecule has 0 unspecified atom stereocenters. The fourth-order valence-electron chi connectivity index (χ4n) is 2.49. The summed E-state index contributed by atoms with van der Waals surface area (Å²) in [7, 11) is 1.81. The van der Waals surface area contributed by atoms with E-state index in [0.717, 1.165) is 5.56 Å². The van der Waals surface area contributed by atoms with Gasteiger partial charge >= 0.3 is 18.6 Å². The molecule has 0 aromatic heterocycles. The maximum absolute atomic E-state index is 12.2. The molecule has 0 saturated carbocycles. The summed E-state index contributed by atoms with van der Waals surface area (Å²) in [4.78, 5) is 25.5. The minimum atomic E-state index is -2.86. The van der Waals surface area contributed by atoms with Crippen LogP contribution in [-0.4, -0.2) is 50.3 Å². The normalized spacial score (nSPS) is 14.3. The Balaban J connectivity index is 2.02. The second-order valence-electron chi connectivity index (χ2n) is 5.68. The SMILES string of the molecule is CCOC(=O)C1=C(CN(C)Cc2ccc(OC(F)F)cc2)NC(=O)NC1. The quantitative estimate of drug-likeness (QED) is 0.684. The van der Waals surface area contributed by atoms with Crippen molar-refractivity contribution < 1.29 is 27.8 Å². The van der Waals surface area contributed by atoms with Crippen molar-refractivity contribution in [2.45, 2.75) is 20.1 Å². The highest BCUT2D eigenvalue weighted by Crippen LogP contribution is 2.16. The number of esters is 1. The van der Waals surface area contributed by atoms with E-state index in [4.69, 9.17) is 4.74 Å². The highest BCUT2D eigenvalue weighted by atomic mass is 19.3. The zero-order valence-electron chi connectivity index (χ0n) is 14.6. The molecule has 26 heavy (non-hydrogen) atoms. The van der Waals surface area contributed by atoms with Gasteiger partial charge < -0.3 is 20.1 Å². The number of halogens is 2. The van der Waals surface area contributed by atoms with Crippen LogP contribution in [-0.2, 0) is 16.1 Å². The van der Waals surface area contributed by atoms with Crippen LogP contribution in [0.3, 0.4) is 0 Å². The number of carbonyl (C=O) groups is 2. The molecular formula is C17H21F2N3O4. The molecule has 0 spiro atoms. The first kappa shape index (κ1) is 19.6. The van der Waals surface area contributed by atoms with Gasteiger partial charge in [-0.15, -0.1) is 0 Å². The van der Waals surface area contributed by atoms with Gasteiger partial charge in [-0.2, -0.15) is 8.78 Å². The van der Waals surface area contributed by atoms with Crippen molar-refractivity contribution in [1.29, 1.82) is 0 Å². The van der Waals surface area contributed by atoms with Gasteiger partial charge in [0.25, 0.3) is 0 Å². The number of benzene rings is 1. The summed E-state index contributed by atoms with van der Waals surface area (Å²) in [6.07, 6.45) is 0. The van der Waals surface area contributed by atoms with E-state index in [0.29, 0.717) is 24.4 Å². The van der Waals surface area contributed by atoms with Gasteiger partial charge in [-0.05, 0) is 31.7 Å². The number of carbonyl (C=O) groups excluding carboxylic acids is 2. The number of hydrogen-bond acceptors (Lipinski definition) is 5. The molecule has 7 nitrogen and oxygen atoms in total. The highest BCUT2D eigenvalue weighted by molar-refractivity contribution is 5.93.